The zero-order valence-electron chi connectivity index (χ0n) is 19.1. The van der Waals surface area contributed by atoms with Gasteiger partial charge in [-0.25, -0.2) is 8.42 Å². The van der Waals surface area contributed by atoms with E-state index < -0.39 is 10.0 Å². The van der Waals surface area contributed by atoms with Gasteiger partial charge in [-0.3, -0.25) is 9.10 Å². The normalized spacial score (nSPS) is 16.5. The van der Waals surface area contributed by atoms with Gasteiger partial charge in [-0.15, -0.1) is 0 Å². The molecular formula is C25H32N2O5S. The summed E-state index contributed by atoms with van der Waals surface area (Å²) in [5, 5.41) is 2.87. The van der Waals surface area contributed by atoms with E-state index in [0.717, 1.165) is 18.4 Å². The third-order valence-corrected chi connectivity index (χ3v) is 8.17. The van der Waals surface area contributed by atoms with Crippen LogP contribution in [0.4, 0.5) is 5.69 Å². The zero-order chi connectivity index (χ0) is 23.3. The number of ether oxygens (including phenoxy) is 2. The van der Waals surface area contributed by atoms with Gasteiger partial charge in [0.05, 0.1) is 29.4 Å². The molecular weight excluding hydrogens is 440 g/mol. The van der Waals surface area contributed by atoms with Gasteiger partial charge >= 0.3 is 0 Å². The summed E-state index contributed by atoms with van der Waals surface area (Å²) in [5.41, 5.74) is 1.90. The largest absolute Gasteiger partial charge is 0.496 e. The Balaban J connectivity index is 1.41. The molecule has 2 aromatic rings. The number of benzene rings is 2. The molecule has 0 aromatic heterocycles. The van der Waals surface area contributed by atoms with E-state index in [1.165, 1.54) is 48.9 Å². The molecule has 1 aliphatic carbocycles. The summed E-state index contributed by atoms with van der Waals surface area (Å²) in [7, 11) is -2.33. The molecule has 1 N–H and O–H groups in total. The van der Waals surface area contributed by atoms with Crippen LogP contribution in [0.2, 0.25) is 0 Å². The minimum Gasteiger partial charge on any atom is -0.496 e. The number of amides is 1. The lowest BCUT2D eigenvalue weighted by atomic mass is 9.98. The summed E-state index contributed by atoms with van der Waals surface area (Å²) in [4.78, 5) is 12.9. The number of carbonyl (C=O) groups excluding carboxylic acids is 1. The van der Waals surface area contributed by atoms with Crippen LogP contribution in [-0.2, 0) is 21.2 Å². The minimum absolute atomic E-state index is 0.0748. The highest BCUT2D eigenvalue weighted by molar-refractivity contribution is 7.92. The van der Waals surface area contributed by atoms with Crippen LogP contribution in [0.15, 0.2) is 47.4 Å². The fourth-order valence-electron chi connectivity index (χ4n) is 4.56. The SMILES string of the molecule is COc1ccc(S(=O)(=O)N2CCc3ccccc32)cc1C(=O)NCCCOC1CCCCC1. The highest BCUT2D eigenvalue weighted by Gasteiger charge is 2.31. The number of carbonyl (C=O) groups is 1. The van der Waals surface area contributed by atoms with Crippen LogP contribution in [0.3, 0.4) is 0 Å². The Morgan fingerprint density at radius 1 is 1.12 bits per heavy atom. The summed E-state index contributed by atoms with van der Waals surface area (Å²) in [5.74, 6) is -0.0184. The second kappa shape index (κ2) is 10.6. The van der Waals surface area contributed by atoms with Crippen molar-refractivity contribution in [2.45, 2.75) is 55.9 Å². The first kappa shape index (κ1) is 23.6. The van der Waals surface area contributed by atoms with Crippen molar-refractivity contribution < 1.29 is 22.7 Å². The average Bonchev–Trinajstić information content (AvgIpc) is 3.29. The third-order valence-electron chi connectivity index (χ3n) is 6.36. The van der Waals surface area contributed by atoms with Gasteiger partial charge in [0.15, 0.2) is 0 Å². The van der Waals surface area contributed by atoms with Gasteiger partial charge in [0, 0.05) is 19.7 Å². The molecule has 0 saturated heterocycles. The Morgan fingerprint density at radius 3 is 2.70 bits per heavy atom. The number of nitrogens with one attached hydrogen (secondary N) is 1. The predicted molar refractivity (Wildman–Crippen MR) is 127 cm³/mol. The molecule has 1 fully saturated rings. The highest BCUT2D eigenvalue weighted by atomic mass is 32.2. The maximum Gasteiger partial charge on any atom is 0.264 e. The van der Waals surface area contributed by atoms with Crippen LogP contribution in [0.25, 0.3) is 0 Å². The maximum absolute atomic E-state index is 13.4. The maximum atomic E-state index is 13.4. The van der Waals surface area contributed by atoms with Crippen LogP contribution in [0, 0.1) is 0 Å². The molecule has 0 atom stereocenters. The first-order valence-electron chi connectivity index (χ1n) is 11.7. The van der Waals surface area contributed by atoms with E-state index in [9.17, 15) is 13.2 Å². The summed E-state index contributed by atoms with van der Waals surface area (Å²) >= 11 is 0. The molecule has 0 radical (unpaired) electrons. The van der Waals surface area contributed by atoms with E-state index in [-0.39, 0.29) is 16.4 Å². The van der Waals surface area contributed by atoms with Gasteiger partial charge in [0.1, 0.15) is 5.75 Å². The van der Waals surface area contributed by atoms with Crippen molar-refractivity contribution in [1.29, 1.82) is 0 Å². The summed E-state index contributed by atoms with van der Waals surface area (Å²) in [6, 6.07) is 11.9. The van der Waals surface area contributed by atoms with E-state index in [0.29, 0.717) is 50.1 Å². The molecule has 7 nitrogen and oxygen atoms in total. The molecule has 1 amide bonds. The van der Waals surface area contributed by atoms with Crippen molar-refractivity contribution in [3.8, 4) is 5.75 Å². The number of sulfonamides is 1. The number of hydrogen-bond acceptors (Lipinski definition) is 5. The molecule has 0 bridgehead atoms. The van der Waals surface area contributed by atoms with E-state index in [2.05, 4.69) is 5.32 Å². The van der Waals surface area contributed by atoms with Gasteiger partial charge in [-0.2, -0.15) is 0 Å². The van der Waals surface area contributed by atoms with Crippen molar-refractivity contribution in [3.63, 3.8) is 0 Å². The molecule has 8 heteroatoms. The predicted octanol–water partition coefficient (Wildman–Crippen LogP) is 3.92. The van der Waals surface area contributed by atoms with Gasteiger partial charge in [0.25, 0.3) is 15.9 Å². The second-order valence-electron chi connectivity index (χ2n) is 8.56. The summed E-state index contributed by atoms with van der Waals surface area (Å²) < 4.78 is 39.4. The first-order valence-corrected chi connectivity index (χ1v) is 13.1. The summed E-state index contributed by atoms with van der Waals surface area (Å²) in [6.07, 6.45) is 7.68. The lowest BCUT2D eigenvalue weighted by Gasteiger charge is -2.22. The lowest BCUT2D eigenvalue weighted by molar-refractivity contribution is 0.0273. The molecule has 1 aliphatic heterocycles. The van der Waals surface area contributed by atoms with E-state index in [1.54, 1.807) is 0 Å². The number of fused-ring (bicyclic) bond motifs is 1. The van der Waals surface area contributed by atoms with E-state index in [1.807, 2.05) is 24.3 Å². The van der Waals surface area contributed by atoms with Crippen molar-refractivity contribution in [1.82, 2.24) is 5.32 Å². The van der Waals surface area contributed by atoms with Gasteiger partial charge in [0.2, 0.25) is 0 Å². The zero-order valence-corrected chi connectivity index (χ0v) is 19.9. The number of methoxy groups -OCH3 is 1. The Hall–Kier alpha value is -2.58. The van der Waals surface area contributed by atoms with Crippen LogP contribution >= 0.6 is 0 Å². The fourth-order valence-corrected chi connectivity index (χ4v) is 6.09. The molecule has 2 aliphatic rings. The highest BCUT2D eigenvalue weighted by Crippen LogP contribution is 2.34. The van der Waals surface area contributed by atoms with Crippen molar-refractivity contribution in [2.75, 3.05) is 31.1 Å². The second-order valence-corrected chi connectivity index (χ2v) is 10.4. The van der Waals surface area contributed by atoms with E-state index >= 15 is 0 Å². The number of anilines is 1. The fraction of sp³-hybridized carbons (Fsp3) is 0.480. The molecule has 33 heavy (non-hydrogen) atoms. The number of hydrogen-bond donors (Lipinski definition) is 1. The summed E-state index contributed by atoms with van der Waals surface area (Å²) in [6.45, 7) is 1.44. The average molecular weight is 473 g/mol. The van der Waals surface area contributed by atoms with Crippen LogP contribution in [-0.4, -0.2) is 47.2 Å². The lowest BCUT2D eigenvalue weighted by Crippen LogP contribution is -2.30. The Morgan fingerprint density at radius 2 is 1.91 bits per heavy atom. The van der Waals surface area contributed by atoms with Crippen molar-refractivity contribution in [3.05, 3.63) is 53.6 Å². The van der Waals surface area contributed by atoms with Crippen LogP contribution in [0.1, 0.15) is 54.4 Å². The minimum atomic E-state index is -3.80. The van der Waals surface area contributed by atoms with Gasteiger partial charge in [-0.05, 0) is 55.5 Å². The van der Waals surface area contributed by atoms with Crippen LogP contribution in [0.5, 0.6) is 5.75 Å². The third kappa shape index (κ3) is 5.33. The first-order chi connectivity index (χ1) is 16.0. The molecule has 1 heterocycles. The molecule has 2 aromatic carbocycles. The smallest absolute Gasteiger partial charge is 0.264 e. The van der Waals surface area contributed by atoms with Gasteiger partial charge < -0.3 is 14.8 Å². The standard InChI is InChI=1S/C25H32N2O5S/c1-31-24-13-12-21(33(29,30)27-16-14-19-8-5-6-11-23(19)27)18-22(24)25(28)26-15-7-17-32-20-9-3-2-4-10-20/h5-6,8,11-13,18,20H,2-4,7,9-10,14-17H2,1H3,(H,26,28). The number of rotatable bonds is 9. The molecule has 178 valence electrons. The monoisotopic (exact) mass is 472 g/mol. The van der Waals surface area contributed by atoms with Crippen LogP contribution < -0.4 is 14.4 Å². The van der Waals surface area contributed by atoms with Crippen molar-refractivity contribution in [2.24, 2.45) is 0 Å². The molecule has 1 saturated carbocycles. The van der Waals surface area contributed by atoms with E-state index in [4.69, 9.17) is 9.47 Å². The Bertz CT molecular complexity index is 1080. The Labute approximate surface area is 196 Å². The van der Waals surface area contributed by atoms with Gasteiger partial charge in [-0.1, -0.05) is 37.5 Å². The number of para-hydroxylation sites is 1. The number of nitrogens with zero attached hydrogens (tertiary/aromatic N) is 1. The molecule has 0 spiro atoms. The molecule has 0 unspecified atom stereocenters. The molecule has 4 rings (SSSR count). The Kier molecular flexibility index (Phi) is 7.55. The quantitative estimate of drug-likeness (QED) is 0.559. The topological polar surface area (TPSA) is 84.9 Å². The van der Waals surface area contributed by atoms with Crippen molar-refractivity contribution >= 4 is 21.6 Å².